The molecule has 0 radical (unpaired) electrons. The summed E-state index contributed by atoms with van der Waals surface area (Å²) in [5.74, 6) is 0.658. The van der Waals surface area contributed by atoms with E-state index in [1.165, 1.54) is 6.33 Å². The molecule has 0 spiro atoms. The highest BCUT2D eigenvalue weighted by atomic mass is 79.9. The molecule has 0 saturated carbocycles. The van der Waals surface area contributed by atoms with Crippen LogP contribution in [-0.2, 0) is 13.6 Å². The van der Waals surface area contributed by atoms with Gasteiger partial charge in [0.15, 0.2) is 0 Å². The minimum atomic E-state index is 0.388. The first kappa shape index (κ1) is 11.3. The number of halogens is 2. The second-order valence-corrected chi connectivity index (χ2v) is 4.31. The minimum absolute atomic E-state index is 0.388. The third-order valence-corrected chi connectivity index (χ3v) is 3.22. The summed E-state index contributed by atoms with van der Waals surface area (Å²) in [5, 5.41) is 7.75. The Kier molecular flexibility index (Phi) is 3.40. The number of hydrogen-bond acceptors (Lipinski definition) is 4. The van der Waals surface area contributed by atoms with E-state index in [4.69, 9.17) is 11.6 Å². The second kappa shape index (κ2) is 4.80. The number of nitrogens with zero attached hydrogens (tertiary/aromatic N) is 4. The van der Waals surface area contributed by atoms with Crippen molar-refractivity contribution in [3.63, 3.8) is 0 Å². The Morgan fingerprint density at radius 3 is 3.00 bits per heavy atom. The summed E-state index contributed by atoms with van der Waals surface area (Å²) in [6.07, 6.45) is 3.30. The van der Waals surface area contributed by atoms with Gasteiger partial charge in [0.2, 0.25) is 0 Å². The summed E-state index contributed by atoms with van der Waals surface area (Å²) < 4.78 is 2.41. The predicted molar refractivity (Wildman–Crippen MR) is 65.3 cm³/mol. The zero-order chi connectivity index (χ0) is 11.5. The maximum Gasteiger partial charge on any atom is 0.148 e. The molecule has 7 heteroatoms. The van der Waals surface area contributed by atoms with Crippen LogP contribution in [0.2, 0.25) is 5.15 Å². The van der Waals surface area contributed by atoms with Gasteiger partial charge in [-0.1, -0.05) is 11.6 Å². The van der Waals surface area contributed by atoms with Gasteiger partial charge in [0.1, 0.15) is 17.3 Å². The quantitative estimate of drug-likeness (QED) is 0.884. The van der Waals surface area contributed by atoms with Gasteiger partial charge < -0.3 is 5.32 Å². The number of aryl methyl sites for hydroxylation is 1. The molecule has 2 heterocycles. The Bertz CT molecular complexity index is 498. The van der Waals surface area contributed by atoms with Gasteiger partial charge in [-0.2, -0.15) is 5.10 Å². The van der Waals surface area contributed by atoms with Gasteiger partial charge in [-0.05, 0) is 22.0 Å². The number of anilines is 1. The molecule has 0 aliphatic rings. The van der Waals surface area contributed by atoms with Crippen LogP contribution in [0.3, 0.4) is 0 Å². The molecule has 2 rings (SSSR count). The van der Waals surface area contributed by atoms with Crippen LogP contribution in [0.15, 0.2) is 23.1 Å². The molecule has 0 aromatic carbocycles. The van der Waals surface area contributed by atoms with Crippen molar-refractivity contribution in [1.82, 2.24) is 19.7 Å². The van der Waals surface area contributed by atoms with Crippen molar-refractivity contribution in [2.24, 2.45) is 7.05 Å². The lowest BCUT2D eigenvalue weighted by Gasteiger charge is -2.05. The summed E-state index contributed by atoms with van der Waals surface area (Å²) in [7, 11) is 1.88. The molecule has 0 amide bonds. The summed E-state index contributed by atoms with van der Waals surface area (Å²) in [5.41, 5.74) is 0.934. The molecule has 16 heavy (non-hydrogen) atoms. The molecule has 0 saturated heterocycles. The number of aromatic nitrogens is 4. The van der Waals surface area contributed by atoms with Gasteiger partial charge in [0.25, 0.3) is 0 Å². The zero-order valence-electron chi connectivity index (χ0n) is 8.48. The normalized spacial score (nSPS) is 10.4. The summed E-state index contributed by atoms with van der Waals surface area (Å²) in [6, 6.07) is 1.93. The first-order valence-corrected chi connectivity index (χ1v) is 5.72. The lowest BCUT2D eigenvalue weighted by molar-refractivity contribution is 0.747. The van der Waals surface area contributed by atoms with Gasteiger partial charge in [-0.25, -0.2) is 9.97 Å². The van der Waals surface area contributed by atoms with E-state index in [0.717, 1.165) is 5.69 Å². The van der Waals surface area contributed by atoms with Crippen LogP contribution in [0.25, 0.3) is 0 Å². The Morgan fingerprint density at radius 2 is 2.31 bits per heavy atom. The Hall–Kier alpha value is -1.14. The summed E-state index contributed by atoms with van der Waals surface area (Å²) in [6.45, 7) is 0.590. The Morgan fingerprint density at radius 1 is 1.50 bits per heavy atom. The zero-order valence-corrected chi connectivity index (χ0v) is 10.8. The molecule has 0 bridgehead atoms. The molecule has 0 aliphatic carbocycles. The van der Waals surface area contributed by atoms with E-state index in [9.17, 15) is 0 Å². The van der Waals surface area contributed by atoms with Crippen molar-refractivity contribution in [2.45, 2.75) is 6.54 Å². The highest BCUT2D eigenvalue weighted by Crippen LogP contribution is 2.26. The first-order chi connectivity index (χ1) is 7.66. The monoisotopic (exact) mass is 301 g/mol. The molecule has 2 aromatic rings. The molecular weight excluding hydrogens is 293 g/mol. The molecule has 84 valence electrons. The second-order valence-electron chi connectivity index (χ2n) is 3.16. The van der Waals surface area contributed by atoms with Gasteiger partial charge in [-0.3, -0.25) is 4.68 Å². The minimum Gasteiger partial charge on any atom is -0.363 e. The van der Waals surface area contributed by atoms with Crippen molar-refractivity contribution in [3.05, 3.63) is 33.9 Å². The standard InChI is InChI=1S/C9H9BrClN5/c1-16-3-2-6(15-16)4-12-9-7(10)8(11)13-5-14-9/h2-3,5H,4H2,1H3,(H,12,13,14). The number of rotatable bonds is 3. The van der Waals surface area contributed by atoms with Crippen molar-refractivity contribution in [3.8, 4) is 0 Å². The van der Waals surface area contributed by atoms with Crippen molar-refractivity contribution < 1.29 is 0 Å². The molecule has 0 fully saturated rings. The average molecular weight is 303 g/mol. The van der Waals surface area contributed by atoms with Gasteiger partial charge in [0.05, 0.1) is 16.7 Å². The molecule has 0 aliphatic heterocycles. The molecule has 1 N–H and O–H groups in total. The molecule has 0 atom stereocenters. The Labute approximate surface area is 106 Å². The van der Waals surface area contributed by atoms with Gasteiger partial charge >= 0.3 is 0 Å². The predicted octanol–water partition coefficient (Wildman–Crippen LogP) is 2.24. The van der Waals surface area contributed by atoms with Crippen molar-refractivity contribution in [2.75, 3.05) is 5.32 Å². The van der Waals surface area contributed by atoms with E-state index >= 15 is 0 Å². The maximum atomic E-state index is 5.84. The van der Waals surface area contributed by atoms with Crippen LogP contribution in [0.1, 0.15) is 5.69 Å². The third kappa shape index (κ3) is 2.51. The smallest absolute Gasteiger partial charge is 0.148 e. The van der Waals surface area contributed by atoms with E-state index < -0.39 is 0 Å². The van der Waals surface area contributed by atoms with E-state index in [1.54, 1.807) is 4.68 Å². The Balaban J connectivity index is 2.07. The summed E-state index contributed by atoms with van der Waals surface area (Å²) >= 11 is 9.16. The first-order valence-electron chi connectivity index (χ1n) is 4.55. The number of nitrogens with one attached hydrogen (secondary N) is 1. The summed E-state index contributed by atoms with van der Waals surface area (Å²) in [4.78, 5) is 7.92. The molecule has 5 nitrogen and oxygen atoms in total. The van der Waals surface area contributed by atoms with E-state index in [1.807, 2.05) is 19.3 Å². The van der Waals surface area contributed by atoms with Crippen LogP contribution in [0.5, 0.6) is 0 Å². The fraction of sp³-hybridized carbons (Fsp3) is 0.222. The average Bonchev–Trinajstić information content (AvgIpc) is 2.67. The fourth-order valence-corrected chi connectivity index (χ4v) is 1.68. The lowest BCUT2D eigenvalue weighted by Crippen LogP contribution is -2.04. The van der Waals surface area contributed by atoms with Gasteiger partial charge in [0, 0.05) is 13.2 Å². The van der Waals surface area contributed by atoms with Crippen LogP contribution < -0.4 is 5.32 Å². The van der Waals surface area contributed by atoms with Crippen molar-refractivity contribution in [1.29, 1.82) is 0 Å². The highest BCUT2D eigenvalue weighted by Gasteiger charge is 2.06. The maximum absolute atomic E-state index is 5.84. The van der Waals surface area contributed by atoms with Crippen LogP contribution in [0, 0.1) is 0 Å². The van der Waals surface area contributed by atoms with E-state index in [2.05, 4.69) is 36.3 Å². The topological polar surface area (TPSA) is 55.6 Å². The van der Waals surface area contributed by atoms with E-state index in [-0.39, 0.29) is 0 Å². The van der Waals surface area contributed by atoms with Gasteiger partial charge in [-0.15, -0.1) is 0 Å². The lowest BCUT2D eigenvalue weighted by atomic mass is 10.4. The SMILES string of the molecule is Cn1ccc(CNc2ncnc(Cl)c2Br)n1. The van der Waals surface area contributed by atoms with Crippen LogP contribution >= 0.6 is 27.5 Å². The van der Waals surface area contributed by atoms with E-state index in [0.29, 0.717) is 22.0 Å². The van der Waals surface area contributed by atoms with Crippen LogP contribution in [-0.4, -0.2) is 19.7 Å². The molecular formula is C9H9BrClN5. The molecule has 2 aromatic heterocycles. The van der Waals surface area contributed by atoms with Crippen molar-refractivity contribution >= 4 is 33.3 Å². The largest absolute Gasteiger partial charge is 0.363 e. The molecule has 0 unspecified atom stereocenters. The number of hydrogen-bond donors (Lipinski definition) is 1. The fourth-order valence-electron chi connectivity index (χ4n) is 1.20. The van der Waals surface area contributed by atoms with Crippen LogP contribution in [0.4, 0.5) is 5.82 Å². The highest BCUT2D eigenvalue weighted by molar-refractivity contribution is 9.10. The third-order valence-electron chi connectivity index (χ3n) is 1.95.